The van der Waals surface area contributed by atoms with E-state index in [4.69, 9.17) is 0 Å². The van der Waals surface area contributed by atoms with Crippen LogP contribution in [0.2, 0.25) is 0 Å². The molecule has 0 fully saturated rings. The minimum atomic E-state index is 0. The molecule has 1 unspecified atom stereocenters. The predicted octanol–water partition coefficient (Wildman–Crippen LogP) is 2.86. The molecular formula is C7H11Cl2Ti. The summed E-state index contributed by atoms with van der Waals surface area (Å²) in [7, 11) is 0. The van der Waals surface area contributed by atoms with Gasteiger partial charge in [-0.25, -0.2) is 0 Å². The van der Waals surface area contributed by atoms with Crippen molar-refractivity contribution < 1.29 is 20.4 Å². The van der Waals surface area contributed by atoms with Crippen molar-refractivity contribution in [2.75, 3.05) is 0 Å². The third-order valence-electron chi connectivity index (χ3n) is 1.39. The first-order valence-electron chi connectivity index (χ1n) is 2.82. The number of allylic oxidation sites excluding steroid dienone is 4. The fourth-order valence-corrected chi connectivity index (χ4v) is 1.39. The van der Waals surface area contributed by atoms with Crippen molar-refractivity contribution in [3.8, 4) is 0 Å². The molecule has 0 radical (unpaired) electrons. The predicted molar refractivity (Wildman–Crippen MR) is 45.5 cm³/mol. The maximum Gasteiger partial charge on any atom is -0.147 e. The first-order valence-corrected chi connectivity index (χ1v) is 3.60. The van der Waals surface area contributed by atoms with Crippen LogP contribution in [0.1, 0.15) is 13.8 Å². The van der Waals surface area contributed by atoms with Gasteiger partial charge in [0, 0.05) is 0 Å². The maximum atomic E-state index is 2.29. The van der Waals surface area contributed by atoms with Crippen LogP contribution in [0.15, 0.2) is 21.6 Å². The van der Waals surface area contributed by atoms with E-state index in [9.17, 15) is 0 Å². The maximum absolute atomic E-state index is 2.29. The number of hydrogen-bond donors (Lipinski definition) is 0. The molecule has 0 aliphatic heterocycles. The van der Waals surface area contributed by atoms with Crippen LogP contribution in [0.3, 0.4) is 0 Å². The fourth-order valence-electron chi connectivity index (χ4n) is 0.909. The van der Waals surface area contributed by atoms with Crippen molar-refractivity contribution in [3.05, 3.63) is 21.6 Å². The standard InChI is InChI=1S/C7H9.2ClH.Ti/c1-6-3-4-7(2)5-6;;;/h3,5,7H,1-2H3;2*1H;. The summed E-state index contributed by atoms with van der Waals surface area (Å²) in [5.74, 6) is 0.690. The zero-order chi connectivity index (χ0) is 6.15. The molecule has 0 aromatic heterocycles. The molecule has 0 spiro atoms. The van der Waals surface area contributed by atoms with Crippen LogP contribution < -0.4 is 0 Å². The smallest absolute Gasteiger partial charge is 0.147 e. The Morgan fingerprint density at radius 2 is 1.90 bits per heavy atom. The zero-order valence-electron chi connectivity index (χ0n) is 6.05. The van der Waals surface area contributed by atoms with Crippen molar-refractivity contribution in [1.29, 1.82) is 0 Å². The molecule has 0 aromatic rings. The summed E-state index contributed by atoms with van der Waals surface area (Å²) in [5.41, 5.74) is 1.41. The summed E-state index contributed by atoms with van der Waals surface area (Å²) in [5, 5.41) is 0. The van der Waals surface area contributed by atoms with Crippen LogP contribution in [0.4, 0.5) is 0 Å². The van der Waals surface area contributed by atoms with Gasteiger partial charge in [-0.15, -0.1) is 24.8 Å². The number of halogens is 2. The normalized spacial score (nSPS) is 21.9. The Labute approximate surface area is 86.4 Å². The summed E-state index contributed by atoms with van der Waals surface area (Å²) in [6.45, 7) is 4.37. The van der Waals surface area contributed by atoms with Crippen LogP contribution in [-0.4, -0.2) is 0 Å². The van der Waals surface area contributed by atoms with Crippen molar-refractivity contribution in [2.45, 2.75) is 13.8 Å². The van der Waals surface area contributed by atoms with E-state index in [0.717, 1.165) is 0 Å². The largest absolute Gasteiger partial charge is 0.147 e. The second-order valence-corrected chi connectivity index (χ2v) is 3.20. The molecule has 1 aliphatic rings. The Bertz CT molecular complexity index is 161. The van der Waals surface area contributed by atoms with Gasteiger partial charge < -0.3 is 0 Å². The van der Waals surface area contributed by atoms with E-state index in [1.165, 1.54) is 9.45 Å². The third-order valence-corrected chi connectivity index (χ3v) is 2.32. The van der Waals surface area contributed by atoms with Crippen molar-refractivity contribution in [3.63, 3.8) is 0 Å². The number of rotatable bonds is 0. The molecular weight excluding hydrogens is 203 g/mol. The van der Waals surface area contributed by atoms with Crippen LogP contribution in [0.5, 0.6) is 0 Å². The van der Waals surface area contributed by atoms with Crippen LogP contribution >= 0.6 is 24.8 Å². The van der Waals surface area contributed by atoms with Gasteiger partial charge in [-0.3, -0.25) is 0 Å². The molecule has 0 saturated heterocycles. The molecule has 57 valence electrons. The number of hydrogen-bond acceptors (Lipinski definition) is 0. The molecule has 1 atom stereocenters. The Balaban J connectivity index is 0. The summed E-state index contributed by atoms with van der Waals surface area (Å²) < 4.78 is 1.49. The van der Waals surface area contributed by atoms with Gasteiger partial charge in [0.25, 0.3) is 0 Å². The van der Waals surface area contributed by atoms with E-state index in [2.05, 4.69) is 46.4 Å². The van der Waals surface area contributed by atoms with Crippen LogP contribution in [0.25, 0.3) is 0 Å². The van der Waals surface area contributed by atoms with Gasteiger partial charge in [0.05, 0.1) is 0 Å². The summed E-state index contributed by atoms with van der Waals surface area (Å²) >= 11 is 2.18. The average Bonchev–Trinajstić information content (AvgIpc) is 1.85. The van der Waals surface area contributed by atoms with Gasteiger partial charge in [-0.05, 0) is 0 Å². The van der Waals surface area contributed by atoms with E-state index in [1.54, 1.807) is 0 Å². The molecule has 0 aromatic carbocycles. The van der Waals surface area contributed by atoms with Crippen LogP contribution in [-0.2, 0) is 20.4 Å². The second kappa shape index (κ2) is 5.43. The van der Waals surface area contributed by atoms with E-state index >= 15 is 0 Å². The molecule has 0 saturated carbocycles. The first kappa shape index (κ1) is 13.4. The van der Waals surface area contributed by atoms with Crippen molar-refractivity contribution >= 4 is 24.8 Å². The van der Waals surface area contributed by atoms with E-state index < -0.39 is 0 Å². The minimum Gasteiger partial charge on any atom is -0.147 e. The second-order valence-electron chi connectivity index (χ2n) is 2.30. The monoisotopic (exact) mass is 213 g/mol. The van der Waals surface area contributed by atoms with Crippen molar-refractivity contribution in [2.24, 2.45) is 5.92 Å². The molecule has 1 aliphatic carbocycles. The van der Waals surface area contributed by atoms with Crippen LogP contribution in [0, 0.1) is 5.92 Å². The molecule has 0 heterocycles. The average molecular weight is 214 g/mol. The van der Waals surface area contributed by atoms with Gasteiger partial charge in [0.2, 0.25) is 0 Å². The molecule has 10 heavy (non-hydrogen) atoms. The third kappa shape index (κ3) is 3.25. The molecule has 1 rings (SSSR count). The Morgan fingerprint density at radius 1 is 1.40 bits per heavy atom. The molecule has 0 amide bonds. The van der Waals surface area contributed by atoms with Gasteiger partial charge in [0.15, 0.2) is 0 Å². The summed E-state index contributed by atoms with van der Waals surface area (Å²) in [6, 6.07) is 0. The zero-order valence-corrected chi connectivity index (χ0v) is 9.24. The Hall–Kier alpha value is 0.774. The van der Waals surface area contributed by atoms with Gasteiger partial charge >= 0.3 is 61.8 Å². The molecule has 0 N–H and O–H groups in total. The molecule has 3 heteroatoms. The Kier molecular flexibility index (Phi) is 7.26. The fraction of sp³-hybridized carbons (Fsp3) is 0.429. The molecule has 0 nitrogen and oxygen atoms in total. The topological polar surface area (TPSA) is 0 Å². The minimum absolute atomic E-state index is 0. The summed E-state index contributed by atoms with van der Waals surface area (Å²) in [4.78, 5) is 0. The SMILES string of the molecule is CC1=CC(C)[C]([Ti])=C1.Cl.Cl. The molecule has 0 bridgehead atoms. The van der Waals surface area contributed by atoms with E-state index in [-0.39, 0.29) is 24.8 Å². The van der Waals surface area contributed by atoms with Gasteiger partial charge in [-0.2, -0.15) is 0 Å². The van der Waals surface area contributed by atoms with E-state index in [1.807, 2.05) is 0 Å². The van der Waals surface area contributed by atoms with Gasteiger partial charge in [-0.1, -0.05) is 0 Å². The van der Waals surface area contributed by atoms with E-state index in [0.29, 0.717) is 5.92 Å². The van der Waals surface area contributed by atoms with Gasteiger partial charge in [0.1, 0.15) is 0 Å². The summed E-state index contributed by atoms with van der Waals surface area (Å²) in [6.07, 6.45) is 4.53. The quantitative estimate of drug-likeness (QED) is 0.543. The van der Waals surface area contributed by atoms with Crippen molar-refractivity contribution in [1.82, 2.24) is 0 Å². The Morgan fingerprint density at radius 3 is 2.00 bits per heavy atom. The first-order chi connectivity index (χ1) is 3.70.